The molecule has 0 aromatic rings. The van der Waals surface area contributed by atoms with E-state index in [1.807, 2.05) is 0 Å². The minimum atomic E-state index is -5.31. The Morgan fingerprint density at radius 1 is 1.25 bits per heavy atom. The van der Waals surface area contributed by atoms with Gasteiger partial charge in [0.25, 0.3) is 0 Å². The van der Waals surface area contributed by atoms with Crippen molar-refractivity contribution < 1.29 is 74.2 Å². The third-order valence-corrected chi connectivity index (χ3v) is 1.20. The van der Waals surface area contributed by atoms with Crippen LogP contribution in [0.15, 0.2) is 0 Å². The average Bonchev–Trinajstić information content (AvgIpc) is 1.86. The van der Waals surface area contributed by atoms with Crippen LogP contribution in [-0.4, -0.2) is 24.4 Å². The number of unbranched alkanes of at least 4 members (excludes halogenated alkanes) is 1. The quantitative estimate of drug-likeness (QED) is 0.423. The van der Waals surface area contributed by atoms with Gasteiger partial charge in [-0.3, -0.25) is 0 Å². The molecular weight excluding hydrogens is 199 g/mol. The Bertz CT molecular complexity index is 139. The van der Waals surface area contributed by atoms with Crippen LogP contribution >= 0.6 is 0 Å². The minimum absolute atomic E-state index is 0. The van der Waals surface area contributed by atoms with Crippen molar-refractivity contribution in [2.75, 3.05) is 6.61 Å². The molecule has 0 atom stereocenters. The molecule has 2 nitrogen and oxygen atoms in total. The van der Waals surface area contributed by atoms with Crippen molar-refractivity contribution in [3.05, 3.63) is 0 Å². The molecule has 0 bridgehead atoms. The number of aliphatic hydroxyl groups excluding tert-OH is 1. The van der Waals surface area contributed by atoms with E-state index in [1.165, 1.54) is 0 Å². The van der Waals surface area contributed by atoms with Gasteiger partial charge in [0.15, 0.2) is 0 Å². The van der Waals surface area contributed by atoms with Crippen LogP contribution in [0.1, 0.15) is 19.3 Å². The molecule has 7 heteroatoms. The number of carbonyl (C=O) groups excluding carboxylic acids is 1. The summed E-state index contributed by atoms with van der Waals surface area (Å²) in [6.07, 6.45) is -0.140. The summed E-state index contributed by atoms with van der Waals surface area (Å²) in [5.74, 6) is 0. The van der Waals surface area contributed by atoms with E-state index in [9.17, 15) is 17.7 Å². The fourth-order valence-electron chi connectivity index (χ4n) is 0.575. The van der Waals surface area contributed by atoms with Crippen LogP contribution in [-0.2, 0) is 4.79 Å². The molecule has 0 aliphatic rings. The average molecular weight is 208 g/mol. The van der Waals surface area contributed by atoms with Gasteiger partial charge in [-0.25, -0.2) is 0 Å². The zero-order valence-corrected chi connectivity index (χ0v) is 10.0. The fraction of sp³-hybridized carbons (Fsp3) is 0.800. The van der Waals surface area contributed by atoms with Gasteiger partial charge in [-0.1, -0.05) is 0 Å². The summed E-state index contributed by atoms with van der Waals surface area (Å²) >= 11 is 0. The molecule has 0 aromatic heterocycles. The predicted molar refractivity (Wildman–Crippen MR) is 35.0 cm³/mol. The van der Waals surface area contributed by atoms with Crippen molar-refractivity contribution >= 4 is 12.7 Å². The SMILES string of the molecule is O=C(CCCCO)[B-](F)(F)F.[K+]. The second-order valence-corrected chi connectivity index (χ2v) is 2.22. The van der Waals surface area contributed by atoms with Gasteiger partial charge >= 0.3 is 58.4 Å². The number of hydrogen-bond donors (Lipinski definition) is 1. The Morgan fingerprint density at radius 2 is 1.75 bits per heavy atom. The zero-order valence-electron chi connectivity index (χ0n) is 6.90. The monoisotopic (exact) mass is 208 g/mol. The largest absolute Gasteiger partial charge is 1.00 e. The summed E-state index contributed by atoms with van der Waals surface area (Å²) in [4.78, 5) is 10.2. The maximum Gasteiger partial charge on any atom is 1.00 e. The summed E-state index contributed by atoms with van der Waals surface area (Å²) in [6, 6.07) is 0. The molecule has 0 amide bonds. The molecule has 0 radical (unpaired) electrons. The molecule has 0 heterocycles. The first-order valence-corrected chi connectivity index (χ1v) is 3.32. The Labute approximate surface area is 111 Å². The summed E-state index contributed by atoms with van der Waals surface area (Å²) in [7, 11) is 0. The molecule has 0 rings (SSSR count). The van der Waals surface area contributed by atoms with Crippen molar-refractivity contribution in [1.29, 1.82) is 0 Å². The van der Waals surface area contributed by atoms with Crippen molar-refractivity contribution in [3.63, 3.8) is 0 Å². The maximum atomic E-state index is 11.5. The second kappa shape index (κ2) is 7.52. The fourth-order valence-corrected chi connectivity index (χ4v) is 0.575. The number of halogens is 3. The van der Waals surface area contributed by atoms with Crippen molar-refractivity contribution in [1.82, 2.24) is 0 Å². The first-order valence-electron chi connectivity index (χ1n) is 3.32. The van der Waals surface area contributed by atoms with E-state index in [0.29, 0.717) is 0 Å². The van der Waals surface area contributed by atoms with E-state index >= 15 is 0 Å². The molecule has 1 N–H and O–H groups in total. The Balaban J connectivity index is 0. The molecule has 0 aromatic carbocycles. The van der Waals surface area contributed by atoms with Gasteiger partial charge in [-0.2, -0.15) is 0 Å². The summed E-state index contributed by atoms with van der Waals surface area (Å²) in [6.45, 7) is -5.47. The summed E-state index contributed by atoms with van der Waals surface area (Å²) in [5.41, 5.74) is -1.65. The Hall–Kier alpha value is 1.12. The van der Waals surface area contributed by atoms with Crippen LogP contribution in [0.25, 0.3) is 0 Å². The Morgan fingerprint density at radius 3 is 2.08 bits per heavy atom. The van der Waals surface area contributed by atoms with Crippen LogP contribution in [0.2, 0.25) is 0 Å². The topological polar surface area (TPSA) is 37.3 Å². The van der Waals surface area contributed by atoms with E-state index in [0.717, 1.165) is 0 Å². The first-order chi connectivity index (χ1) is 4.98. The number of aliphatic hydroxyl groups is 1. The van der Waals surface area contributed by atoms with Gasteiger partial charge in [0, 0.05) is 6.61 Å². The molecule has 0 aliphatic carbocycles. The van der Waals surface area contributed by atoms with Gasteiger partial charge in [0.2, 0.25) is 0 Å². The molecule has 0 unspecified atom stereocenters. The van der Waals surface area contributed by atoms with E-state index in [2.05, 4.69) is 0 Å². The smallest absolute Gasteiger partial charge is 0.443 e. The van der Waals surface area contributed by atoms with Crippen LogP contribution < -0.4 is 51.4 Å². The second-order valence-electron chi connectivity index (χ2n) is 2.22. The van der Waals surface area contributed by atoms with E-state index in [-0.39, 0.29) is 70.8 Å². The number of hydrogen-bond acceptors (Lipinski definition) is 2. The Kier molecular flexibility index (Phi) is 9.77. The summed E-state index contributed by atoms with van der Waals surface area (Å²) < 4.78 is 34.6. The molecule has 66 valence electrons. The molecule has 0 aliphatic heterocycles. The van der Waals surface area contributed by atoms with Crippen LogP contribution in [0.4, 0.5) is 12.9 Å². The molecule has 0 saturated carbocycles. The van der Waals surface area contributed by atoms with Crippen LogP contribution in [0.5, 0.6) is 0 Å². The first kappa shape index (κ1) is 15.6. The summed E-state index contributed by atoms with van der Waals surface area (Å²) in [5, 5.41) is 8.19. The molecule has 0 saturated heterocycles. The predicted octanol–water partition coefficient (Wildman–Crippen LogP) is -1.89. The van der Waals surface area contributed by atoms with Gasteiger partial charge in [-0.05, 0) is 19.3 Å². The minimum Gasteiger partial charge on any atom is -0.443 e. The van der Waals surface area contributed by atoms with E-state index < -0.39 is 19.1 Å². The van der Waals surface area contributed by atoms with Crippen LogP contribution in [0, 0.1) is 0 Å². The van der Waals surface area contributed by atoms with Gasteiger partial charge in [-0.15, -0.1) is 0 Å². The third-order valence-electron chi connectivity index (χ3n) is 1.20. The number of carbonyl (C=O) groups is 1. The van der Waals surface area contributed by atoms with Crippen LogP contribution in [0.3, 0.4) is 0 Å². The molecular formula is C5H9BF3KO2. The van der Waals surface area contributed by atoms with Crippen molar-refractivity contribution in [2.24, 2.45) is 0 Å². The molecule has 12 heavy (non-hydrogen) atoms. The normalized spacial score (nSPS) is 10.7. The molecule has 0 fully saturated rings. The van der Waals surface area contributed by atoms with Gasteiger partial charge in [0.05, 0.1) is 5.68 Å². The van der Waals surface area contributed by atoms with Gasteiger partial charge in [0.1, 0.15) is 0 Å². The standard InChI is InChI=1S/C5H9BF3O2.K/c7-6(8,9)5(11)3-1-2-4-10;/h10H,1-4H2;/q-1;+1. The van der Waals surface area contributed by atoms with E-state index in [4.69, 9.17) is 5.11 Å². The molecule has 0 spiro atoms. The maximum absolute atomic E-state index is 11.5. The van der Waals surface area contributed by atoms with Crippen molar-refractivity contribution in [2.45, 2.75) is 19.3 Å². The van der Waals surface area contributed by atoms with Crippen molar-refractivity contribution in [3.8, 4) is 0 Å². The number of rotatable bonds is 5. The van der Waals surface area contributed by atoms with Gasteiger partial charge < -0.3 is 22.8 Å². The third kappa shape index (κ3) is 7.75. The van der Waals surface area contributed by atoms with E-state index in [1.54, 1.807) is 0 Å². The zero-order chi connectivity index (χ0) is 8.91.